The number of rotatable bonds is 4. The third kappa shape index (κ3) is 2.08. The van der Waals surface area contributed by atoms with Crippen molar-refractivity contribution in [1.82, 2.24) is 0 Å². The van der Waals surface area contributed by atoms with Gasteiger partial charge in [0, 0.05) is 11.0 Å². The van der Waals surface area contributed by atoms with E-state index in [1.807, 2.05) is 0 Å². The van der Waals surface area contributed by atoms with Crippen molar-refractivity contribution in [1.29, 1.82) is 0 Å². The van der Waals surface area contributed by atoms with Gasteiger partial charge in [-0.05, 0) is 19.8 Å². The molecule has 0 heterocycles. The van der Waals surface area contributed by atoms with Gasteiger partial charge in [-0.2, -0.15) is 0 Å². The van der Waals surface area contributed by atoms with Crippen LogP contribution >= 0.6 is 0 Å². The van der Waals surface area contributed by atoms with Crippen LogP contribution in [0.15, 0.2) is 12.2 Å². The molecule has 0 aromatic carbocycles. The SMILES string of the molecule is C=C(C)C(=O)OCC1(CO)CC1. The first-order valence-corrected chi connectivity index (χ1v) is 4.03. The Morgan fingerprint density at radius 2 is 2.25 bits per heavy atom. The number of ether oxygens (including phenoxy) is 1. The van der Waals surface area contributed by atoms with Gasteiger partial charge >= 0.3 is 5.97 Å². The van der Waals surface area contributed by atoms with Crippen molar-refractivity contribution < 1.29 is 14.6 Å². The Labute approximate surface area is 72.0 Å². The maximum atomic E-state index is 10.9. The number of esters is 1. The van der Waals surface area contributed by atoms with Crippen molar-refractivity contribution in [3.63, 3.8) is 0 Å². The Morgan fingerprint density at radius 1 is 1.67 bits per heavy atom. The lowest BCUT2D eigenvalue weighted by atomic mass is 10.1. The fourth-order valence-corrected chi connectivity index (χ4v) is 0.867. The summed E-state index contributed by atoms with van der Waals surface area (Å²) in [6, 6.07) is 0. The second-order valence-electron chi connectivity index (χ2n) is 3.51. The number of aliphatic hydroxyl groups excluding tert-OH is 1. The molecule has 1 fully saturated rings. The van der Waals surface area contributed by atoms with E-state index in [0.717, 1.165) is 12.8 Å². The Hall–Kier alpha value is -0.830. The molecule has 0 unspecified atom stereocenters. The molecule has 0 aromatic rings. The standard InChI is InChI=1S/C9H14O3/c1-7(2)8(11)12-6-9(5-10)3-4-9/h10H,1,3-6H2,2H3. The first-order valence-electron chi connectivity index (χ1n) is 4.03. The highest BCUT2D eigenvalue weighted by Gasteiger charge is 2.43. The average molecular weight is 170 g/mol. The molecule has 0 radical (unpaired) electrons. The van der Waals surface area contributed by atoms with Crippen LogP contribution in [0.3, 0.4) is 0 Å². The zero-order chi connectivity index (χ0) is 9.19. The van der Waals surface area contributed by atoms with E-state index in [-0.39, 0.29) is 18.0 Å². The average Bonchev–Trinajstić information content (AvgIpc) is 2.81. The molecule has 1 aliphatic carbocycles. The van der Waals surface area contributed by atoms with Gasteiger partial charge in [0.25, 0.3) is 0 Å². The van der Waals surface area contributed by atoms with E-state index in [1.54, 1.807) is 6.92 Å². The zero-order valence-electron chi connectivity index (χ0n) is 7.30. The van der Waals surface area contributed by atoms with Crippen LogP contribution in [0, 0.1) is 5.41 Å². The van der Waals surface area contributed by atoms with Crippen molar-refractivity contribution in [2.45, 2.75) is 19.8 Å². The summed E-state index contributed by atoms with van der Waals surface area (Å²) in [5.74, 6) is -0.366. The quantitative estimate of drug-likeness (QED) is 0.503. The monoisotopic (exact) mass is 170 g/mol. The minimum atomic E-state index is -0.366. The lowest BCUT2D eigenvalue weighted by Gasteiger charge is -2.11. The molecule has 1 aliphatic rings. The fourth-order valence-electron chi connectivity index (χ4n) is 0.867. The summed E-state index contributed by atoms with van der Waals surface area (Å²) < 4.78 is 4.92. The van der Waals surface area contributed by atoms with E-state index in [0.29, 0.717) is 12.2 Å². The Morgan fingerprint density at radius 3 is 2.58 bits per heavy atom. The van der Waals surface area contributed by atoms with Crippen LogP contribution in [-0.4, -0.2) is 24.3 Å². The number of aliphatic hydroxyl groups is 1. The second kappa shape index (κ2) is 3.27. The van der Waals surface area contributed by atoms with Gasteiger partial charge in [0.05, 0.1) is 13.2 Å². The molecule has 1 rings (SSSR count). The molecule has 1 N–H and O–H groups in total. The number of carbonyl (C=O) groups excluding carboxylic acids is 1. The van der Waals surface area contributed by atoms with Gasteiger partial charge in [0.15, 0.2) is 0 Å². The van der Waals surface area contributed by atoms with Crippen LogP contribution in [0.25, 0.3) is 0 Å². The smallest absolute Gasteiger partial charge is 0.333 e. The Kier molecular flexibility index (Phi) is 2.52. The van der Waals surface area contributed by atoms with Crippen LogP contribution < -0.4 is 0 Å². The van der Waals surface area contributed by atoms with Gasteiger partial charge in [0.1, 0.15) is 0 Å². The molecule has 0 aromatic heterocycles. The van der Waals surface area contributed by atoms with Crippen LogP contribution in [0.1, 0.15) is 19.8 Å². The summed E-state index contributed by atoms with van der Waals surface area (Å²) in [7, 11) is 0. The minimum Gasteiger partial charge on any atom is -0.462 e. The molecule has 0 amide bonds. The third-order valence-corrected chi connectivity index (χ3v) is 2.15. The maximum Gasteiger partial charge on any atom is 0.333 e. The molecule has 0 aliphatic heterocycles. The van der Waals surface area contributed by atoms with Crippen molar-refractivity contribution >= 4 is 5.97 Å². The molecule has 0 saturated heterocycles. The lowest BCUT2D eigenvalue weighted by Crippen LogP contribution is -2.18. The molecular formula is C9H14O3. The maximum absolute atomic E-state index is 10.9. The summed E-state index contributed by atoms with van der Waals surface area (Å²) in [6.07, 6.45) is 1.90. The topological polar surface area (TPSA) is 46.5 Å². The van der Waals surface area contributed by atoms with Crippen molar-refractivity contribution in [2.75, 3.05) is 13.2 Å². The van der Waals surface area contributed by atoms with Gasteiger partial charge in [-0.15, -0.1) is 0 Å². The summed E-state index contributed by atoms with van der Waals surface area (Å²) >= 11 is 0. The normalized spacial score (nSPS) is 18.5. The first-order chi connectivity index (χ1) is 5.59. The third-order valence-electron chi connectivity index (χ3n) is 2.15. The minimum absolute atomic E-state index is 0.108. The number of carbonyl (C=O) groups is 1. The van der Waals surface area contributed by atoms with E-state index in [9.17, 15) is 4.79 Å². The van der Waals surface area contributed by atoms with Gasteiger partial charge in [-0.3, -0.25) is 0 Å². The van der Waals surface area contributed by atoms with E-state index < -0.39 is 0 Å². The van der Waals surface area contributed by atoms with Crippen LogP contribution in [-0.2, 0) is 9.53 Å². The Balaban J connectivity index is 2.26. The molecular weight excluding hydrogens is 156 g/mol. The summed E-state index contributed by atoms with van der Waals surface area (Å²) in [6.45, 7) is 5.51. The highest BCUT2D eigenvalue weighted by Crippen LogP contribution is 2.45. The summed E-state index contributed by atoms with van der Waals surface area (Å²) in [5.41, 5.74) is 0.286. The van der Waals surface area contributed by atoms with Gasteiger partial charge in [-0.25, -0.2) is 4.79 Å². The molecule has 1 saturated carbocycles. The van der Waals surface area contributed by atoms with Crippen LogP contribution in [0.5, 0.6) is 0 Å². The molecule has 0 atom stereocenters. The molecule has 3 nitrogen and oxygen atoms in total. The van der Waals surface area contributed by atoms with Crippen molar-refractivity contribution in [3.05, 3.63) is 12.2 Å². The molecule has 68 valence electrons. The van der Waals surface area contributed by atoms with E-state index >= 15 is 0 Å². The van der Waals surface area contributed by atoms with Crippen molar-refractivity contribution in [2.24, 2.45) is 5.41 Å². The summed E-state index contributed by atoms with van der Waals surface area (Å²) in [4.78, 5) is 10.9. The van der Waals surface area contributed by atoms with Gasteiger partial charge in [0.2, 0.25) is 0 Å². The second-order valence-corrected chi connectivity index (χ2v) is 3.51. The van der Waals surface area contributed by atoms with E-state index in [1.165, 1.54) is 0 Å². The van der Waals surface area contributed by atoms with E-state index in [4.69, 9.17) is 9.84 Å². The number of hydrogen-bond acceptors (Lipinski definition) is 3. The molecule has 3 heteroatoms. The van der Waals surface area contributed by atoms with Crippen LogP contribution in [0.4, 0.5) is 0 Å². The highest BCUT2D eigenvalue weighted by atomic mass is 16.5. The number of hydrogen-bond donors (Lipinski definition) is 1. The van der Waals surface area contributed by atoms with Crippen molar-refractivity contribution in [3.8, 4) is 0 Å². The highest BCUT2D eigenvalue weighted by molar-refractivity contribution is 5.86. The summed E-state index contributed by atoms with van der Waals surface area (Å²) in [5, 5.41) is 8.89. The predicted octanol–water partition coefficient (Wildman–Crippen LogP) is 0.878. The molecule has 0 spiro atoms. The first kappa shape index (κ1) is 9.26. The van der Waals surface area contributed by atoms with Gasteiger partial charge < -0.3 is 9.84 Å². The van der Waals surface area contributed by atoms with Gasteiger partial charge in [-0.1, -0.05) is 6.58 Å². The molecule has 12 heavy (non-hydrogen) atoms. The fraction of sp³-hybridized carbons (Fsp3) is 0.667. The van der Waals surface area contributed by atoms with Crippen LogP contribution in [0.2, 0.25) is 0 Å². The lowest BCUT2D eigenvalue weighted by molar-refractivity contribution is -0.141. The van der Waals surface area contributed by atoms with E-state index in [2.05, 4.69) is 6.58 Å². The predicted molar refractivity (Wildman–Crippen MR) is 44.5 cm³/mol. The zero-order valence-corrected chi connectivity index (χ0v) is 7.30. The Bertz CT molecular complexity index is 204. The molecule has 0 bridgehead atoms. The largest absolute Gasteiger partial charge is 0.462 e.